The topological polar surface area (TPSA) is 133 Å². The number of carbonyl (C=O) groups excluding carboxylic acids is 3. The Hall–Kier alpha value is -1.94. The molecule has 4 atom stereocenters. The minimum atomic E-state index is -3.50. The second kappa shape index (κ2) is 9.91. The number of β-amino-alcohol motifs (C(OH)–C–C–N with tert-alkyl or cyclic N) is 1. The molecule has 0 unspecified atom stereocenters. The van der Waals surface area contributed by atoms with Gasteiger partial charge < -0.3 is 15.3 Å². The molecule has 9 nitrogen and oxygen atoms in total. The van der Waals surface area contributed by atoms with Gasteiger partial charge in [-0.15, -0.1) is 0 Å². The molecule has 3 amide bonds. The molecule has 0 aromatic carbocycles. The number of amides is 3. The molecule has 1 aliphatic heterocycles. The summed E-state index contributed by atoms with van der Waals surface area (Å²) in [5, 5.41) is 12.1. The van der Waals surface area contributed by atoms with E-state index in [1.165, 1.54) is 11.8 Å². The van der Waals surface area contributed by atoms with Crippen LogP contribution in [0.15, 0.2) is 12.2 Å². The molecule has 3 aliphatic rings. The minimum absolute atomic E-state index is 0.0706. The number of carbonyl (C=O) groups is 3. The van der Waals surface area contributed by atoms with Crippen molar-refractivity contribution >= 4 is 27.7 Å². The molecular formula is C22H35N3O6S. The summed E-state index contributed by atoms with van der Waals surface area (Å²) in [5.41, 5.74) is -0.635. The minimum Gasteiger partial charge on any atom is -0.391 e. The van der Waals surface area contributed by atoms with Gasteiger partial charge in [-0.05, 0) is 51.4 Å². The molecule has 0 radical (unpaired) electrons. The fraction of sp³-hybridized carbons (Fsp3) is 0.773. The van der Waals surface area contributed by atoms with Gasteiger partial charge in [0.15, 0.2) is 5.78 Å². The highest BCUT2D eigenvalue weighted by Gasteiger charge is 2.56. The Morgan fingerprint density at radius 3 is 2.56 bits per heavy atom. The van der Waals surface area contributed by atoms with Crippen molar-refractivity contribution in [3.63, 3.8) is 0 Å². The first kappa shape index (κ1) is 24.7. The third-order valence-corrected chi connectivity index (χ3v) is 8.54. The van der Waals surface area contributed by atoms with E-state index in [0.717, 1.165) is 25.7 Å². The van der Waals surface area contributed by atoms with Gasteiger partial charge in [-0.25, -0.2) is 13.2 Å². The number of hydrogen-bond donors (Lipinski definition) is 3. The van der Waals surface area contributed by atoms with Crippen LogP contribution in [0.4, 0.5) is 4.79 Å². The normalized spacial score (nSPS) is 29.8. The van der Waals surface area contributed by atoms with Gasteiger partial charge in [-0.2, -0.15) is 0 Å². The number of nitrogens with one attached hydrogen (secondary N) is 2. The van der Waals surface area contributed by atoms with Crippen LogP contribution in [0.25, 0.3) is 0 Å². The molecule has 3 fully saturated rings. The maximum atomic E-state index is 12.3. The van der Waals surface area contributed by atoms with E-state index in [1.807, 2.05) is 12.2 Å². The van der Waals surface area contributed by atoms with Crippen molar-refractivity contribution in [3.8, 4) is 0 Å². The van der Waals surface area contributed by atoms with Crippen LogP contribution in [-0.2, 0) is 19.6 Å². The first-order valence-electron chi connectivity index (χ1n) is 11.5. The van der Waals surface area contributed by atoms with Crippen LogP contribution in [0, 0.1) is 11.3 Å². The number of urea groups is 1. The zero-order valence-electron chi connectivity index (χ0n) is 18.9. The van der Waals surface area contributed by atoms with Crippen LogP contribution in [-0.4, -0.2) is 66.6 Å². The summed E-state index contributed by atoms with van der Waals surface area (Å²) in [5.74, 6) is -0.439. The van der Waals surface area contributed by atoms with Gasteiger partial charge in [0.1, 0.15) is 0 Å². The number of allylic oxidation sites excluding steroid dienone is 2. The molecule has 1 saturated heterocycles. The van der Waals surface area contributed by atoms with Gasteiger partial charge in [-0.3, -0.25) is 14.3 Å². The number of ketones is 1. The molecule has 0 bridgehead atoms. The Bertz CT molecular complexity index is 869. The molecule has 0 aromatic heterocycles. The number of aliphatic hydroxyl groups is 1. The number of hydrogen-bond acceptors (Lipinski definition) is 6. The van der Waals surface area contributed by atoms with Crippen molar-refractivity contribution in [1.29, 1.82) is 0 Å². The van der Waals surface area contributed by atoms with Gasteiger partial charge in [0.05, 0.1) is 22.8 Å². The summed E-state index contributed by atoms with van der Waals surface area (Å²) in [6.45, 7) is 3.93. The summed E-state index contributed by atoms with van der Waals surface area (Å²) in [6.07, 6.45) is 9.15. The van der Waals surface area contributed by atoms with Gasteiger partial charge in [0.2, 0.25) is 15.9 Å². The standard InChI is InChI=1S/C22H35N3O6S/c1-15(26)19-12-17(27)14-25(19)21(29)23-11-7-5-3-4-6-8-16-13-22(16,2)20(28)24-32(30,31)18-9-10-18/h6,8,16-19,27H,3-5,7,9-14H2,1-2H3,(H,23,29)(H,24,28)/b8-6-/t16-,17-,19+,22+/m1/s1. The Balaban J connectivity index is 1.27. The molecule has 10 heteroatoms. The summed E-state index contributed by atoms with van der Waals surface area (Å²) in [6, 6.07) is -0.851. The molecule has 1 heterocycles. The van der Waals surface area contributed by atoms with E-state index in [0.29, 0.717) is 32.2 Å². The van der Waals surface area contributed by atoms with Crippen molar-refractivity contribution < 1.29 is 27.9 Å². The number of Topliss-reactive ketones (excluding diaryl/α,β-unsaturated/α-hetero) is 1. The van der Waals surface area contributed by atoms with E-state index in [-0.39, 0.29) is 24.3 Å². The smallest absolute Gasteiger partial charge is 0.318 e. The third kappa shape index (κ3) is 6.10. The van der Waals surface area contributed by atoms with E-state index < -0.39 is 38.7 Å². The predicted molar refractivity (Wildman–Crippen MR) is 119 cm³/mol. The fourth-order valence-corrected chi connectivity index (χ4v) is 5.61. The maximum absolute atomic E-state index is 12.3. The van der Waals surface area contributed by atoms with Crippen LogP contribution >= 0.6 is 0 Å². The summed E-state index contributed by atoms with van der Waals surface area (Å²) in [7, 11) is -3.50. The van der Waals surface area contributed by atoms with Crippen molar-refractivity contribution in [1.82, 2.24) is 14.9 Å². The number of unbranched alkanes of at least 4 members (excludes halogenated alkanes) is 3. The van der Waals surface area contributed by atoms with Crippen LogP contribution < -0.4 is 10.0 Å². The second-order valence-electron chi connectivity index (χ2n) is 9.58. The lowest BCUT2D eigenvalue weighted by atomic mass is 10.1. The maximum Gasteiger partial charge on any atom is 0.318 e. The second-order valence-corrected chi connectivity index (χ2v) is 11.5. The Kier molecular flexibility index (Phi) is 7.65. The third-order valence-electron chi connectivity index (χ3n) is 6.72. The quantitative estimate of drug-likeness (QED) is 0.310. The van der Waals surface area contributed by atoms with E-state index in [9.17, 15) is 27.9 Å². The highest BCUT2D eigenvalue weighted by molar-refractivity contribution is 7.90. The highest BCUT2D eigenvalue weighted by atomic mass is 32.2. The van der Waals surface area contributed by atoms with E-state index in [1.54, 1.807) is 6.92 Å². The highest BCUT2D eigenvalue weighted by Crippen LogP contribution is 2.53. The lowest BCUT2D eigenvalue weighted by molar-refractivity contribution is -0.124. The zero-order chi connectivity index (χ0) is 23.5. The Labute approximate surface area is 190 Å². The van der Waals surface area contributed by atoms with E-state index >= 15 is 0 Å². The van der Waals surface area contributed by atoms with Crippen LogP contribution in [0.5, 0.6) is 0 Å². The Morgan fingerprint density at radius 1 is 1.19 bits per heavy atom. The summed E-state index contributed by atoms with van der Waals surface area (Å²) in [4.78, 5) is 37.6. The zero-order valence-corrected chi connectivity index (χ0v) is 19.7. The molecule has 0 spiro atoms. The number of likely N-dealkylation sites (tertiary alicyclic amines) is 1. The molecule has 3 N–H and O–H groups in total. The van der Waals surface area contributed by atoms with Crippen LogP contribution in [0.1, 0.15) is 65.2 Å². The molecule has 0 aromatic rings. The number of aliphatic hydroxyl groups excluding tert-OH is 1. The molecule has 2 aliphatic carbocycles. The van der Waals surface area contributed by atoms with Crippen molar-refractivity contribution in [2.45, 2.75) is 82.6 Å². The lowest BCUT2D eigenvalue weighted by Crippen LogP contribution is -2.45. The molecule has 32 heavy (non-hydrogen) atoms. The number of rotatable bonds is 11. The Morgan fingerprint density at radius 2 is 1.91 bits per heavy atom. The van der Waals surface area contributed by atoms with Crippen molar-refractivity contribution in [2.75, 3.05) is 13.1 Å². The number of sulfonamides is 1. The summed E-state index contributed by atoms with van der Waals surface area (Å²) >= 11 is 0. The average Bonchev–Trinajstić information content (AvgIpc) is 3.62. The van der Waals surface area contributed by atoms with E-state index in [4.69, 9.17) is 0 Å². The largest absolute Gasteiger partial charge is 0.391 e. The van der Waals surface area contributed by atoms with Crippen molar-refractivity contribution in [3.05, 3.63) is 12.2 Å². The molecule has 180 valence electrons. The monoisotopic (exact) mass is 469 g/mol. The fourth-order valence-electron chi connectivity index (χ4n) is 4.19. The molecular weight excluding hydrogens is 434 g/mol. The summed E-state index contributed by atoms with van der Waals surface area (Å²) < 4.78 is 26.1. The van der Waals surface area contributed by atoms with Gasteiger partial charge in [0.25, 0.3) is 0 Å². The van der Waals surface area contributed by atoms with Crippen molar-refractivity contribution in [2.24, 2.45) is 11.3 Å². The first-order chi connectivity index (χ1) is 15.0. The van der Waals surface area contributed by atoms with E-state index in [2.05, 4.69) is 10.0 Å². The average molecular weight is 470 g/mol. The SMILES string of the molecule is CC(=O)[C@@H]1C[C@@H](O)CN1C(=O)NCCCCC/C=C\[C@@H]1C[C@]1(C)C(=O)NS(=O)(=O)C1CC1. The van der Waals surface area contributed by atoms with Crippen LogP contribution in [0.2, 0.25) is 0 Å². The lowest BCUT2D eigenvalue weighted by Gasteiger charge is -2.22. The number of nitrogens with zero attached hydrogens (tertiary/aromatic N) is 1. The van der Waals surface area contributed by atoms with Gasteiger partial charge >= 0.3 is 6.03 Å². The van der Waals surface area contributed by atoms with Crippen LogP contribution in [0.3, 0.4) is 0 Å². The molecule has 2 saturated carbocycles. The first-order valence-corrected chi connectivity index (χ1v) is 13.0. The van der Waals surface area contributed by atoms with Gasteiger partial charge in [-0.1, -0.05) is 25.5 Å². The van der Waals surface area contributed by atoms with Gasteiger partial charge in [0, 0.05) is 19.5 Å². The molecule has 3 rings (SSSR count). The predicted octanol–water partition coefficient (Wildman–Crippen LogP) is 1.47.